The van der Waals surface area contributed by atoms with Crippen LogP contribution < -0.4 is 0 Å². The monoisotopic (exact) mass is 308 g/mol. The fourth-order valence-electron chi connectivity index (χ4n) is 4.10. The average Bonchev–Trinajstić information content (AvgIpc) is 2.54. The van der Waals surface area contributed by atoms with Crippen LogP contribution in [-0.4, -0.2) is 47.9 Å². The van der Waals surface area contributed by atoms with Gasteiger partial charge in [-0.1, -0.05) is 20.3 Å². The molecule has 2 aliphatic heterocycles. The molecule has 2 saturated heterocycles. The minimum absolute atomic E-state index is 0.422. The Morgan fingerprint density at radius 3 is 2.09 bits per heavy atom. The first-order valence-electron chi connectivity index (χ1n) is 9.53. The first-order chi connectivity index (χ1) is 10.5. The van der Waals surface area contributed by atoms with Gasteiger partial charge < -0.3 is 9.80 Å². The molecular formula is C19H36N2O. The smallest absolute Gasteiger partial charge is 0.222 e. The van der Waals surface area contributed by atoms with E-state index in [1.54, 1.807) is 0 Å². The van der Waals surface area contributed by atoms with Gasteiger partial charge in [0.1, 0.15) is 0 Å². The number of carbonyl (C=O) groups is 1. The van der Waals surface area contributed by atoms with Crippen molar-refractivity contribution in [3.63, 3.8) is 0 Å². The lowest BCUT2D eigenvalue weighted by atomic mass is 9.83. The predicted octanol–water partition coefficient (Wildman–Crippen LogP) is 3.78. The molecule has 0 radical (unpaired) electrons. The maximum Gasteiger partial charge on any atom is 0.222 e. The maximum absolute atomic E-state index is 12.5. The van der Waals surface area contributed by atoms with Crippen LogP contribution in [0.15, 0.2) is 0 Å². The van der Waals surface area contributed by atoms with Crippen molar-refractivity contribution in [2.75, 3.05) is 26.2 Å². The molecule has 3 heteroatoms. The van der Waals surface area contributed by atoms with Crippen LogP contribution in [0.3, 0.4) is 0 Å². The van der Waals surface area contributed by atoms with E-state index in [1.807, 2.05) is 0 Å². The number of rotatable bonds is 5. The minimum Gasteiger partial charge on any atom is -0.343 e. The molecule has 2 rings (SSSR count). The van der Waals surface area contributed by atoms with Gasteiger partial charge in [-0.3, -0.25) is 4.79 Å². The largest absolute Gasteiger partial charge is 0.343 e. The fraction of sp³-hybridized carbons (Fsp3) is 0.947. The molecule has 1 unspecified atom stereocenters. The molecule has 0 spiro atoms. The third-order valence-electron chi connectivity index (χ3n) is 6.18. The van der Waals surface area contributed by atoms with Crippen LogP contribution in [0.1, 0.15) is 66.2 Å². The quantitative estimate of drug-likeness (QED) is 0.771. The molecule has 0 bridgehead atoms. The van der Waals surface area contributed by atoms with Gasteiger partial charge in [-0.05, 0) is 70.4 Å². The van der Waals surface area contributed by atoms with Crippen LogP contribution >= 0.6 is 0 Å². The summed E-state index contributed by atoms with van der Waals surface area (Å²) >= 11 is 0. The van der Waals surface area contributed by atoms with E-state index in [2.05, 4.69) is 37.5 Å². The van der Waals surface area contributed by atoms with Gasteiger partial charge in [0, 0.05) is 25.6 Å². The highest BCUT2D eigenvalue weighted by molar-refractivity contribution is 5.76. The third kappa shape index (κ3) is 4.71. The summed E-state index contributed by atoms with van der Waals surface area (Å²) in [5.74, 6) is 2.70. The lowest BCUT2D eigenvalue weighted by molar-refractivity contribution is -0.134. The Morgan fingerprint density at radius 1 is 1.00 bits per heavy atom. The highest BCUT2D eigenvalue weighted by Crippen LogP contribution is 2.28. The molecule has 0 aromatic carbocycles. The lowest BCUT2D eigenvalue weighted by Crippen LogP contribution is -2.42. The normalized spacial score (nSPS) is 24.0. The Labute approximate surface area is 137 Å². The molecule has 2 fully saturated rings. The van der Waals surface area contributed by atoms with Gasteiger partial charge in [-0.15, -0.1) is 0 Å². The number of hydrogen-bond acceptors (Lipinski definition) is 2. The van der Waals surface area contributed by atoms with Crippen molar-refractivity contribution in [3.8, 4) is 0 Å². The SMILES string of the molecule is CCC(C)C1CCN(C(=O)CC2CCN(C(C)C)CC2)CC1. The van der Waals surface area contributed by atoms with Gasteiger partial charge in [-0.25, -0.2) is 0 Å². The third-order valence-corrected chi connectivity index (χ3v) is 6.18. The molecule has 1 atom stereocenters. The molecule has 1 amide bonds. The van der Waals surface area contributed by atoms with Crippen LogP contribution in [-0.2, 0) is 4.79 Å². The van der Waals surface area contributed by atoms with Gasteiger partial charge in [0.15, 0.2) is 0 Å². The van der Waals surface area contributed by atoms with Gasteiger partial charge >= 0.3 is 0 Å². The molecule has 2 aliphatic rings. The number of hydrogen-bond donors (Lipinski definition) is 0. The number of amides is 1. The number of carbonyl (C=O) groups excluding carboxylic acids is 1. The Bertz CT molecular complexity index is 339. The summed E-state index contributed by atoms with van der Waals surface area (Å²) in [6.45, 7) is 13.5. The van der Waals surface area contributed by atoms with E-state index in [0.717, 1.165) is 31.3 Å². The summed E-state index contributed by atoms with van der Waals surface area (Å²) in [6, 6.07) is 0.649. The van der Waals surface area contributed by atoms with E-state index in [0.29, 0.717) is 17.9 Å². The fourth-order valence-corrected chi connectivity index (χ4v) is 4.10. The molecule has 3 nitrogen and oxygen atoms in total. The van der Waals surface area contributed by atoms with E-state index in [1.165, 1.54) is 45.2 Å². The second-order valence-corrected chi connectivity index (χ2v) is 7.88. The van der Waals surface area contributed by atoms with Crippen molar-refractivity contribution in [2.45, 2.75) is 72.3 Å². The highest BCUT2D eigenvalue weighted by Gasteiger charge is 2.28. The van der Waals surface area contributed by atoms with E-state index >= 15 is 0 Å². The summed E-state index contributed by atoms with van der Waals surface area (Å²) in [5, 5.41) is 0. The number of piperidine rings is 2. The molecule has 2 heterocycles. The molecule has 0 aliphatic carbocycles. The van der Waals surface area contributed by atoms with Crippen molar-refractivity contribution in [3.05, 3.63) is 0 Å². The van der Waals surface area contributed by atoms with Crippen molar-refractivity contribution >= 4 is 5.91 Å². The summed E-state index contributed by atoms with van der Waals surface area (Å²) in [7, 11) is 0. The minimum atomic E-state index is 0.422. The van der Waals surface area contributed by atoms with Crippen LogP contribution in [0.2, 0.25) is 0 Å². The Hall–Kier alpha value is -0.570. The average molecular weight is 309 g/mol. The second kappa shape index (κ2) is 8.33. The standard InChI is InChI=1S/C19H36N2O/c1-5-16(4)18-8-12-21(13-9-18)19(22)14-17-6-10-20(11-7-17)15(2)3/h15-18H,5-14H2,1-4H3. The van der Waals surface area contributed by atoms with E-state index < -0.39 is 0 Å². The second-order valence-electron chi connectivity index (χ2n) is 7.88. The summed E-state index contributed by atoms with van der Waals surface area (Å²) in [5.41, 5.74) is 0. The summed E-state index contributed by atoms with van der Waals surface area (Å²) in [6.07, 6.45) is 6.90. The maximum atomic E-state index is 12.5. The van der Waals surface area contributed by atoms with Crippen LogP contribution in [0, 0.1) is 17.8 Å². The molecule has 22 heavy (non-hydrogen) atoms. The molecule has 0 N–H and O–H groups in total. The Morgan fingerprint density at radius 2 is 1.59 bits per heavy atom. The van der Waals surface area contributed by atoms with Crippen molar-refractivity contribution in [1.29, 1.82) is 0 Å². The van der Waals surface area contributed by atoms with E-state index in [4.69, 9.17) is 0 Å². The number of nitrogens with zero attached hydrogens (tertiary/aromatic N) is 2. The lowest BCUT2D eigenvalue weighted by Gasteiger charge is -2.37. The zero-order valence-corrected chi connectivity index (χ0v) is 15.2. The molecular weight excluding hydrogens is 272 g/mol. The van der Waals surface area contributed by atoms with Gasteiger partial charge in [0.25, 0.3) is 0 Å². The predicted molar refractivity (Wildman–Crippen MR) is 92.8 cm³/mol. The van der Waals surface area contributed by atoms with Crippen molar-refractivity contribution < 1.29 is 4.79 Å². The molecule has 0 saturated carbocycles. The van der Waals surface area contributed by atoms with E-state index in [9.17, 15) is 4.79 Å². The first-order valence-corrected chi connectivity index (χ1v) is 9.53. The zero-order valence-electron chi connectivity index (χ0n) is 15.2. The van der Waals surface area contributed by atoms with E-state index in [-0.39, 0.29) is 0 Å². The van der Waals surface area contributed by atoms with Gasteiger partial charge in [0.05, 0.1) is 0 Å². The van der Waals surface area contributed by atoms with Gasteiger partial charge in [-0.2, -0.15) is 0 Å². The summed E-state index contributed by atoms with van der Waals surface area (Å²) in [4.78, 5) is 17.2. The highest BCUT2D eigenvalue weighted by atomic mass is 16.2. The molecule has 0 aromatic rings. The summed E-state index contributed by atoms with van der Waals surface area (Å²) < 4.78 is 0. The van der Waals surface area contributed by atoms with Crippen molar-refractivity contribution in [2.24, 2.45) is 17.8 Å². The molecule has 128 valence electrons. The first kappa shape index (κ1) is 17.8. The van der Waals surface area contributed by atoms with Crippen molar-refractivity contribution in [1.82, 2.24) is 9.80 Å². The number of likely N-dealkylation sites (tertiary alicyclic amines) is 2. The van der Waals surface area contributed by atoms with Crippen LogP contribution in [0.25, 0.3) is 0 Å². The Balaban J connectivity index is 1.71. The van der Waals surface area contributed by atoms with Crippen LogP contribution in [0.4, 0.5) is 0 Å². The Kier molecular flexibility index (Phi) is 6.73. The molecule has 0 aromatic heterocycles. The zero-order chi connectivity index (χ0) is 16.1. The van der Waals surface area contributed by atoms with Crippen LogP contribution in [0.5, 0.6) is 0 Å². The van der Waals surface area contributed by atoms with Gasteiger partial charge in [0.2, 0.25) is 5.91 Å². The topological polar surface area (TPSA) is 23.6 Å².